The Kier molecular flexibility index (Phi) is 6.80. The van der Waals surface area contributed by atoms with Crippen molar-refractivity contribution in [2.24, 2.45) is 0 Å². The van der Waals surface area contributed by atoms with Crippen LogP contribution < -0.4 is 14.5 Å². The summed E-state index contributed by atoms with van der Waals surface area (Å²) in [4.78, 5) is 33.6. The molecule has 2 aliphatic rings. The summed E-state index contributed by atoms with van der Waals surface area (Å²) in [5.74, 6) is -0.966. The number of piperazine rings is 1. The minimum atomic E-state index is -0.713. The van der Waals surface area contributed by atoms with E-state index < -0.39 is 17.7 Å². The van der Waals surface area contributed by atoms with E-state index in [1.165, 1.54) is 16.2 Å². The molecule has 2 aliphatic heterocycles. The molecule has 186 valence electrons. The number of carbonyl (C=O) groups is 2. The highest BCUT2D eigenvalue weighted by molar-refractivity contribution is 7.10. The quantitative estimate of drug-likeness (QED) is 0.303. The topological polar surface area (TPSA) is 73.3 Å². The number of carbonyl (C=O) groups excluding carboxylic acids is 2. The third kappa shape index (κ3) is 4.50. The number of hydrogen-bond donors (Lipinski definition) is 1. The van der Waals surface area contributed by atoms with Crippen LogP contribution in [-0.4, -0.2) is 61.5 Å². The van der Waals surface area contributed by atoms with Gasteiger partial charge < -0.3 is 19.6 Å². The molecule has 1 atom stereocenters. The fourth-order valence-electron chi connectivity index (χ4n) is 4.76. The van der Waals surface area contributed by atoms with Crippen molar-refractivity contribution >= 4 is 40.2 Å². The lowest BCUT2D eigenvalue weighted by atomic mass is 9.99. The highest BCUT2D eigenvalue weighted by atomic mass is 32.1. The van der Waals surface area contributed by atoms with E-state index in [-0.39, 0.29) is 11.3 Å². The molecule has 3 heterocycles. The Labute approximate surface area is 214 Å². The lowest BCUT2D eigenvalue weighted by Gasteiger charge is -2.34. The predicted molar refractivity (Wildman–Crippen MR) is 143 cm³/mol. The van der Waals surface area contributed by atoms with E-state index in [1.54, 1.807) is 24.3 Å². The average molecular weight is 504 g/mol. The van der Waals surface area contributed by atoms with Gasteiger partial charge in [0.25, 0.3) is 11.7 Å². The Morgan fingerprint density at radius 3 is 2.39 bits per heavy atom. The first-order valence-corrected chi connectivity index (χ1v) is 13.0. The van der Waals surface area contributed by atoms with Crippen LogP contribution in [0.25, 0.3) is 5.76 Å². The van der Waals surface area contributed by atoms with Crippen LogP contribution in [0.1, 0.15) is 23.4 Å². The van der Waals surface area contributed by atoms with Gasteiger partial charge in [-0.2, -0.15) is 0 Å². The summed E-state index contributed by atoms with van der Waals surface area (Å²) in [7, 11) is 2.12. The van der Waals surface area contributed by atoms with Gasteiger partial charge in [0.2, 0.25) is 0 Å². The normalized spacial score (nSPS) is 20.2. The zero-order valence-electron chi connectivity index (χ0n) is 20.4. The second-order valence-electron chi connectivity index (χ2n) is 8.95. The number of rotatable bonds is 6. The minimum absolute atomic E-state index is 0.0826. The van der Waals surface area contributed by atoms with E-state index in [2.05, 4.69) is 16.8 Å². The molecule has 2 fully saturated rings. The minimum Gasteiger partial charge on any atom is -0.507 e. The number of benzene rings is 2. The number of aliphatic hydroxyl groups is 1. The molecule has 0 radical (unpaired) electrons. The largest absolute Gasteiger partial charge is 0.507 e. The van der Waals surface area contributed by atoms with E-state index in [1.807, 2.05) is 48.7 Å². The Balaban J connectivity index is 1.54. The number of aliphatic hydroxyl groups excluding tert-OH is 1. The summed E-state index contributed by atoms with van der Waals surface area (Å²) in [6.07, 6.45) is 0. The summed E-state index contributed by atoms with van der Waals surface area (Å²) in [5.41, 5.74) is 2.23. The summed E-state index contributed by atoms with van der Waals surface area (Å²) < 4.78 is 5.56. The van der Waals surface area contributed by atoms with Crippen LogP contribution in [-0.2, 0) is 9.59 Å². The molecule has 1 amide bonds. The monoisotopic (exact) mass is 503 g/mol. The second kappa shape index (κ2) is 10.2. The van der Waals surface area contributed by atoms with Crippen LogP contribution >= 0.6 is 11.3 Å². The molecule has 8 heteroatoms. The first-order chi connectivity index (χ1) is 17.5. The molecular weight excluding hydrogens is 474 g/mol. The number of anilines is 2. The van der Waals surface area contributed by atoms with E-state index in [9.17, 15) is 14.7 Å². The van der Waals surface area contributed by atoms with Crippen LogP contribution in [0.15, 0.2) is 71.6 Å². The zero-order chi connectivity index (χ0) is 25.2. The third-order valence-electron chi connectivity index (χ3n) is 6.67. The smallest absolute Gasteiger partial charge is 0.300 e. The van der Waals surface area contributed by atoms with Crippen LogP contribution in [0, 0.1) is 0 Å². The Morgan fingerprint density at radius 2 is 1.72 bits per heavy atom. The number of likely N-dealkylation sites (N-methyl/N-ethyl adjacent to an activating group) is 1. The lowest BCUT2D eigenvalue weighted by Crippen LogP contribution is -2.44. The second-order valence-corrected chi connectivity index (χ2v) is 9.93. The maximum Gasteiger partial charge on any atom is 0.300 e. The molecule has 1 aromatic heterocycles. The van der Waals surface area contributed by atoms with Gasteiger partial charge in [0.15, 0.2) is 0 Å². The fraction of sp³-hybridized carbons (Fsp3) is 0.286. The highest BCUT2D eigenvalue weighted by Crippen LogP contribution is 2.44. The molecule has 0 saturated carbocycles. The average Bonchev–Trinajstić information content (AvgIpc) is 3.51. The zero-order valence-corrected chi connectivity index (χ0v) is 21.2. The fourth-order valence-corrected chi connectivity index (χ4v) is 5.58. The SMILES string of the molecule is CCOc1cccc(/C(O)=C2/C(=O)C(=O)N(c3ccc(N4CCN(C)CC4)cc3)C2c2cccs2)c1. The molecule has 2 aromatic carbocycles. The number of ketones is 1. The number of Topliss-reactive ketones (excluding diaryl/α,β-unsaturated/α-hetero) is 1. The van der Waals surface area contributed by atoms with Crippen LogP contribution in [0.2, 0.25) is 0 Å². The molecule has 0 aliphatic carbocycles. The molecule has 7 nitrogen and oxygen atoms in total. The predicted octanol–water partition coefficient (Wildman–Crippen LogP) is 4.52. The van der Waals surface area contributed by atoms with Crippen molar-refractivity contribution in [1.82, 2.24) is 4.90 Å². The molecule has 5 rings (SSSR count). The maximum atomic E-state index is 13.3. The Bertz CT molecular complexity index is 1280. The van der Waals surface area contributed by atoms with Crippen LogP contribution in [0.4, 0.5) is 11.4 Å². The number of nitrogens with zero attached hydrogens (tertiary/aromatic N) is 3. The third-order valence-corrected chi connectivity index (χ3v) is 7.60. The molecule has 2 saturated heterocycles. The van der Waals surface area contributed by atoms with Crippen molar-refractivity contribution in [3.8, 4) is 5.75 Å². The van der Waals surface area contributed by atoms with Gasteiger partial charge in [-0.15, -0.1) is 11.3 Å². The van der Waals surface area contributed by atoms with Crippen molar-refractivity contribution < 1.29 is 19.4 Å². The highest BCUT2D eigenvalue weighted by Gasteiger charge is 2.47. The van der Waals surface area contributed by atoms with Crippen molar-refractivity contribution in [1.29, 1.82) is 0 Å². The number of thiophene rings is 1. The van der Waals surface area contributed by atoms with Gasteiger partial charge in [0.1, 0.15) is 17.6 Å². The van der Waals surface area contributed by atoms with Gasteiger partial charge in [0.05, 0.1) is 12.2 Å². The van der Waals surface area contributed by atoms with E-state index in [0.717, 1.165) is 36.7 Å². The summed E-state index contributed by atoms with van der Waals surface area (Å²) in [6, 6.07) is 17.8. The molecule has 0 spiro atoms. The van der Waals surface area contributed by atoms with E-state index in [4.69, 9.17) is 4.74 Å². The van der Waals surface area contributed by atoms with E-state index >= 15 is 0 Å². The Morgan fingerprint density at radius 1 is 1.00 bits per heavy atom. The van der Waals surface area contributed by atoms with Crippen molar-refractivity contribution in [2.45, 2.75) is 13.0 Å². The lowest BCUT2D eigenvalue weighted by molar-refractivity contribution is -0.132. The molecular formula is C28H29N3O4S. The van der Waals surface area contributed by atoms with Crippen LogP contribution in [0.3, 0.4) is 0 Å². The molecule has 1 unspecified atom stereocenters. The van der Waals surface area contributed by atoms with Crippen molar-refractivity contribution in [3.63, 3.8) is 0 Å². The molecule has 3 aromatic rings. The molecule has 1 N–H and O–H groups in total. The van der Waals surface area contributed by atoms with E-state index in [0.29, 0.717) is 23.6 Å². The summed E-state index contributed by atoms with van der Waals surface area (Å²) >= 11 is 1.45. The number of ether oxygens (including phenoxy) is 1. The first-order valence-electron chi connectivity index (χ1n) is 12.1. The van der Waals surface area contributed by atoms with Gasteiger partial charge in [-0.1, -0.05) is 18.2 Å². The van der Waals surface area contributed by atoms with Gasteiger partial charge in [0, 0.05) is 48.0 Å². The number of hydrogen-bond acceptors (Lipinski definition) is 7. The molecule has 36 heavy (non-hydrogen) atoms. The Hall–Kier alpha value is -3.62. The maximum absolute atomic E-state index is 13.3. The van der Waals surface area contributed by atoms with Crippen molar-refractivity contribution in [3.05, 3.63) is 82.1 Å². The molecule has 0 bridgehead atoms. The van der Waals surface area contributed by atoms with Crippen LogP contribution in [0.5, 0.6) is 5.75 Å². The summed E-state index contributed by atoms with van der Waals surface area (Å²) in [6.45, 7) is 6.24. The summed E-state index contributed by atoms with van der Waals surface area (Å²) in [5, 5.41) is 13.2. The van der Waals surface area contributed by atoms with Crippen molar-refractivity contribution in [2.75, 3.05) is 49.6 Å². The first kappa shape index (κ1) is 24.1. The van der Waals surface area contributed by atoms with Gasteiger partial charge in [-0.25, -0.2) is 0 Å². The van der Waals surface area contributed by atoms with Gasteiger partial charge in [-0.05, 0) is 61.8 Å². The van der Waals surface area contributed by atoms with Gasteiger partial charge >= 0.3 is 0 Å². The standard InChI is InChI=1S/C28H29N3O4S/c1-3-35-22-7-4-6-19(18-22)26(32)24-25(23-8-5-17-36-23)31(28(34)27(24)33)21-11-9-20(10-12-21)30-15-13-29(2)14-16-30/h4-12,17-18,25,32H,3,13-16H2,1-2H3/b26-24-. The van der Waals surface area contributed by atoms with Gasteiger partial charge in [-0.3, -0.25) is 14.5 Å². The number of amides is 1.